The van der Waals surface area contributed by atoms with E-state index in [0.717, 1.165) is 11.4 Å². The van der Waals surface area contributed by atoms with Crippen molar-refractivity contribution in [2.75, 3.05) is 0 Å². The summed E-state index contributed by atoms with van der Waals surface area (Å²) in [4.78, 5) is 19.0. The first-order valence-corrected chi connectivity index (χ1v) is 6.26. The number of carbonyl (C=O) groups is 1. The van der Waals surface area contributed by atoms with E-state index in [1.54, 1.807) is 12.4 Å². The summed E-state index contributed by atoms with van der Waals surface area (Å²) >= 11 is 0. The maximum Gasteiger partial charge on any atom is 0.237 e. The second-order valence-electron chi connectivity index (χ2n) is 4.50. The Labute approximate surface area is 112 Å². The molecule has 0 saturated heterocycles. The molecule has 0 bridgehead atoms. The minimum atomic E-state index is -0.556. The van der Waals surface area contributed by atoms with E-state index in [1.807, 2.05) is 37.3 Å². The van der Waals surface area contributed by atoms with Gasteiger partial charge in [0.1, 0.15) is 5.82 Å². The highest BCUT2D eigenvalue weighted by Gasteiger charge is 2.17. The normalized spacial score (nSPS) is 13.8. The molecule has 1 amide bonds. The third-order valence-corrected chi connectivity index (χ3v) is 2.92. The Morgan fingerprint density at radius 3 is 2.79 bits per heavy atom. The van der Waals surface area contributed by atoms with E-state index in [-0.39, 0.29) is 11.9 Å². The number of aromatic nitrogens is 2. The number of amides is 1. The molecule has 0 aliphatic rings. The highest BCUT2D eigenvalue weighted by molar-refractivity contribution is 5.82. The molecule has 0 spiro atoms. The van der Waals surface area contributed by atoms with Crippen LogP contribution in [0.5, 0.6) is 0 Å². The van der Waals surface area contributed by atoms with Crippen LogP contribution in [0.1, 0.15) is 24.4 Å². The van der Waals surface area contributed by atoms with Crippen molar-refractivity contribution in [1.29, 1.82) is 0 Å². The Morgan fingerprint density at radius 2 is 2.16 bits per heavy atom. The zero-order valence-electron chi connectivity index (χ0n) is 10.8. The zero-order chi connectivity index (χ0) is 13.7. The highest BCUT2D eigenvalue weighted by Crippen LogP contribution is 2.07. The summed E-state index contributed by atoms with van der Waals surface area (Å²) in [5.74, 6) is 0.549. The maximum atomic E-state index is 12.0. The van der Waals surface area contributed by atoms with Gasteiger partial charge in [0, 0.05) is 12.4 Å². The monoisotopic (exact) mass is 258 g/mol. The third-order valence-electron chi connectivity index (χ3n) is 2.92. The Kier molecular flexibility index (Phi) is 4.30. The Morgan fingerprint density at radius 1 is 1.42 bits per heavy atom. The number of rotatable bonds is 5. The largest absolute Gasteiger partial charge is 0.347 e. The summed E-state index contributed by atoms with van der Waals surface area (Å²) in [7, 11) is 0. The second-order valence-corrected chi connectivity index (χ2v) is 4.50. The number of nitrogens with zero attached hydrogens (tertiary/aromatic N) is 1. The predicted molar refractivity (Wildman–Crippen MR) is 73.3 cm³/mol. The van der Waals surface area contributed by atoms with Crippen LogP contribution in [0, 0.1) is 0 Å². The maximum absolute atomic E-state index is 12.0. The second kappa shape index (κ2) is 6.15. The molecule has 0 fully saturated rings. The smallest absolute Gasteiger partial charge is 0.237 e. The van der Waals surface area contributed by atoms with Gasteiger partial charge >= 0.3 is 0 Å². The molecule has 2 aromatic rings. The van der Waals surface area contributed by atoms with E-state index >= 15 is 0 Å². The van der Waals surface area contributed by atoms with E-state index in [4.69, 9.17) is 5.73 Å². The number of hydrogen-bond acceptors (Lipinski definition) is 3. The Bertz CT molecular complexity index is 510. The molecule has 19 heavy (non-hydrogen) atoms. The Balaban J connectivity index is 1.89. The van der Waals surface area contributed by atoms with Gasteiger partial charge in [-0.1, -0.05) is 30.3 Å². The molecule has 5 heteroatoms. The molecule has 0 radical (unpaired) electrons. The van der Waals surface area contributed by atoms with Gasteiger partial charge in [0.15, 0.2) is 0 Å². The Hall–Kier alpha value is -2.14. The van der Waals surface area contributed by atoms with Gasteiger partial charge in [-0.25, -0.2) is 4.98 Å². The van der Waals surface area contributed by atoms with Crippen molar-refractivity contribution >= 4 is 5.91 Å². The number of aromatic amines is 1. The van der Waals surface area contributed by atoms with Crippen LogP contribution in [0.4, 0.5) is 0 Å². The molecule has 1 aromatic carbocycles. The van der Waals surface area contributed by atoms with Gasteiger partial charge < -0.3 is 16.0 Å². The fraction of sp³-hybridized carbons (Fsp3) is 0.286. The number of nitrogens with two attached hydrogens (primary N) is 1. The third kappa shape index (κ3) is 3.66. The van der Waals surface area contributed by atoms with Crippen LogP contribution in [0.25, 0.3) is 0 Å². The van der Waals surface area contributed by atoms with E-state index in [1.165, 1.54) is 0 Å². The number of H-pyrrole nitrogens is 1. The molecular formula is C14H18N4O. The van der Waals surface area contributed by atoms with Crippen LogP contribution >= 0.6 is 0 Å². The lowest BCUT2D eigenvalue weighted by Crippen LogP contribution is -2.43. The molecule has 100 valence electrons. The summed E-state index contributed by atoms with van der Waals surface area (Å²) in [5, 5.41) is 2.84. The van der Waals surface area contributed by atoms with Gasteiger partial charge in [-0.05, 0) is 18.9 Å². The quantitative estimate of drug-likeness (QED) is 0.752. The van der Waals surface area contributed by atoms with E-state index in [2.05, 4.69) is 15.3 Å². The molecule has 1 aromatic heterocycles. The van der Waals surface area contributed by atoms with Crippen LogP contribution in [0.3, 0.4) is 0 Å². The van der Waals surface area contributed by atoms with Crippen molar-refractivity contribution in [1.82, 2.24) is 15.3 Å². The number of benzene rings is 1. The lowest BCUT2D eigenvalue weighted by atomic mass is 10.1. The average Bonchev–Trinajstić information content (AvgIpc) is 2.93. The van der Waals surface area contributed by atoms with E-state index in [0.29, 0.717) is 6.42 Å². The van der Waals surface area contributed by atoms with Gasteiger partial charge in [0.25, 0.3) is 0 Å². The summed E-state index contributed by atoms with van der Waals surface area (Å²) in [5.41, 5.74) is 6.96. The molecule has 1 heterocycles. The van der Waals surface area contributed by atoms with Crippen LogP contribution in [0.15, 0.2) is 42.7 Å². The topological polar surface area (TPSA) is 83.8 Å². The molecule has 4 N–H and O–H groups in total. The zero-order valence-corrected chi connectivity index (χ0v) is 10.8. The van der Waals surface area contributed by atoms with Gasteiger partial charge in [-0.15, -0.1) is 0 Å². The standard InChI is InChI=1S/C14H18N4O/c1-10(13-16-7-8-17-13)18-14(19)12(15)9-11-5-3-2-4-6-11/h2-8,10,12H,9,15H2,1H3,(H,16,17)(H,18,19)/t10?,12-/m0/s1. The molecular weight excluding hydrogens is 240 g/mol. The SMILES string of the molecule is CC(NC(=O)[C@@H](N)Cc1ccccc1)c1ncc[nH]1. The van der Waals surface area contributed by atoms with Gasteiger partial charge in [-0.3, -0.25) is 4.79 Å². The van der Waals surface area contributed by atoms with Gasteiger partial charge in [0.2, 0.25) is 5.91 Å². The molecule has 2 rings (SSSR count). The van der Waals surface area contributed by atoms with E-state index in [9.17, 15) is 4.79 Å². The fourth-order valence-corrected chi connectivity index (χ4v) is 1.86. The predicted octanol–water partition coefficient (Wildman–Crippen LogP) is 1.16. The van der Waals surface area contributed by atoms with Crippen molar-refractivity contribution in [3.63, 3.8) is 0 Å². The first-order valence-electron chi connectivity index (χ1n) is 6.26. The number of hydrogen-bond donors (Lipinski definition) is 3. The van der Waals surface area contributed by atoms with Crippen LogP contribution in [0.2, 0.25) is 0 Å². The number of carbonyl (C=O) groups excluding carboxylic acids is 1. The molecule has 0 saturated carbocycles. The highest BCUT2D eigenvalue weighted by atomic mass is 16.2. The van der Waals surface area contributed by atoms with Crippen molar-refractivity contribution in [2.24, 2.45) is 5.73 Å². The van der Waals surface area contributed by atoms with E-state index < -0.39 is 6.04 Å². The molecule has 0 aliphatic heterocycles. The average molecular weight is 258 g/mol. The number of imidazole rings is 1. The summed E-state index contributed by atoms with van der Waals surface area (Å²) in [6.07, 6.45) is 3.90. The lowest BCUT2D eigenvalue weighted by Gasteiger charge is -2.16. The summed E-state index contributed by atoms with van der Waals surface area (Å²) in [6.45, 7) is 1.87. The van der Waals surface area contributed by atoms with Crippen molar-refractivity contribution in [3.8, 4) is 0 Å². The van der Waals surface area contributed by atoms with Crippen molar-refractivity contribution < 1.29 is 4.79 Å². The van der Waals surface area contributed by atoms with Gasteiger partial charge in [-0.2, -0.15) is 0 Å². The molecule has 1 unspecified atom stereocenters. The van der Waals surface area contributed by atoms with Crippen LogP contribution < -0.4 is 11.1 Å². The summed E-state index contributed by atoms with van der Waals surface area (Å²) < 4.78 is 0. The fourth-order valence-electron chi connectivity index (χ4n) is 1.86. The first-order chi connectivity index (χ1) is 9.16. The summed E-state index contributed by atoms with van der Waals surface area (Å²) in [6, 6.07) is 9.00. The van der Waals surface area contributed by atoms with Crippen LogP contribution in [-0.2, 0) is 11.2 Å². The molecule has 5 nitrogen and oxygen atoms in total. The van der Waals surface area contributed by atoms with Gasteiger partial charge in [0.05, 0.1) is 12.1 Å². The first kappa shape index (κ1) is 13.3. The minimum absolute atomic E-state index is 0.173. The lowest BCUT2D eigenvalue weighted by molar-refractivity contribution is -0.123. The van der Waals surface area contributed by atoms with Crippen LogP contribution in [-0.4, -0.2) is 21.9 Å². The number of nitrogens with one attached hydrogen (secondary N) is 2. The molecule has 0 aliphatic carbocycles. The van der Waals surface area contributed by atoms with Crippen molar-refractivity contribution in [2.45, 2.75) is 25.4 Å². The minimum Gasteiger partial charge on any atom is -0.347 e. The van der Waals surface area contributed by atoms with Crippen molar-refractivity contribution in [3.05, 3.63) is 54.1 Å². The molecule has 2 atom stereocenters.